The number of hydrogen-bond donors (Lipinski definition) is 1. The van der Waals surface area contributed by atoms with Crippen LogP contribution in [0.4, 0.5) is 0 Å². The lowest BCUT2D eigenvalue weighted by atomic mass is 9.90. The number of hydrogen-bond acceptors (Lipinski definition) is 5. The number of amides is 1. The lowest BCUT2D eigenvalue weighted by molar-refractivity contribution is -0.135. The molecule has 1 N–H and O–H groups in total. The molecule has 3 rings (SSSR count). The second-order valence-electron chi connectivity index (χ2n) is 5.25. The van der Waals surface area contributed by atoms with E-state index in [2.05, 4.69) is 15.4 Å². The van der Waals surface area contributed by atoms with Gasteiger partial charge < -0.3 is 10.0 Å². The maximum Gasteiger partial charge on any atom is 0.246 e. The summed E-state index contributed by atoms with van der Waals surface area (Å²) in [5, 5.41) is 21.2. The summed E-state index contributed by atoms with van der Waals surface area (Å²) < 4.78 is 0. The van der Waals surface area contributed by atoms with Crippen LogP contribution in [0.2, 0.25) is 0 Å². The Kier molecular flexibility index (Phi) is 2.77. The first-order chi connectivity index (χ1) is 8.67. The molecule has 1 aliphatic heterocycles. The second kappa shape index (κ2) is 4.31. The van der Waals surface area contributed by atoms with E-state index < -0.39 is 5.60 Å². The quantitative estimate of drug-likeness (QED) is 0.778. The van der Waals surface area contributed by atoms with Crippen LogP contribution in [0.3, 0.4) is 0 Å². The Morgan fingerprint density at radius 1 is 1.50 bits per heavy atom. The molecule has 0 bridgehead atoms. The van der Waals surface area contributed by atoms with Crippen molar-refractivity contribution in [1.82, 2.24) is 25.1 Å². The molecule has 0 radical (unpaired) electrons. The largest absolute Gasteiger partial charge is 0.390 e. The number of aromatic nitrogens is 4. The summed E-state index contributed by atoms with van der Waals surface area (Å²) in [7, 11) is 0. The van der Waals surface area contributed by atoms with E-state index in [0.29, 0.717) is 6.54 Å². The molecule has 2 aliphatic rings. The van der Waals surface area contributed by atoms with Crippen LogP contribution in [0.1, 0.15) is 25.7 Å². The molecule has 1 aromatic heterocycles. The van der Waals surface area contributed by atoms with E-state index in [1.165, 1.54) is 11.1 Å². The van der Waals surface area contributed by atoms with E-state index >= 15 is 0 Å². The summed E-state index contributed by atoms with van der Waals surface area (Å²) in [6, 6.07) is 0. The zero-order valence-electron chi connectivity index (χ0n) is 10.2. The summed E-state index contributed by atoms with van der Waals surface area (Å²) in [5.41, 5.74) is -0.496. The van der Waals surface area contributed by atoms with E-state index in [1.807, 2.05) is 4.90 Å². The van der Waals surface area contributed by atoms with Crippen LogP contribution in [0.15, 0.2) is 6.33 Å². The van der Waals surface area contributed by atoms with Gasteiger partial charge in [-0.2, -0.15) is 4.80 Å². The number of aliphatic hydroxyl groups is 1. The van der Waals surface area contributed by atoms with Crippen molar-refractivity contribution in [2.75, 3.05) is 13.1 Å². The fourth-order valence-corrected chi connectivity index (χ4v) is 2.66. The predicted octanol–water partition coefficient (Wildman–Crippen LogP) is -0.563. The van der Waals surface area contributed by atoms with Crippen LogP contribution in [0, 0.1) is 5.92 Å². The van der Waals surface area contributed by atoms with Crippen LogP contribution >= 0.6 is 0 Å². The summed E-state index contributed by atoms with van der Waals surface area (Å²) >= 11 is 0. The van der Waals surface area contributed by atoms with Crippen LogP contribution in [-0.2, 0) is 11.3 Å². The Morgan fingerprint density at radius 2 is 2.33 bits per heavy atom. The van der Waals surface area contributed by atoms with Crippen molar-refractivity contribution in [2.24, 2.45) is 5.92 Å². The van der Waals surface area contributed by atoms with Gasteiger partial charge in [-0.1, -0.05) is 0 Å². The van der Waals surface area contributed by atoms with Crippen molar-refractivity contribution in [3.63, 3.8) is 0 Å². The van der Waals surface area contributed by atoms with Gasteiger partial charge >= 0.3 is 0 Å². The van der Waals surface area contributed by atoms with Crippen LogP contribution in [-0.4, -0.2) is 54.8 Å². The number of likely N-dealkylation sites (tertiary alicyclic amines) is 1. The molecule has 1 atom stereocenters. The van der Waals surface area contributed by atoms with Crippen molar-refractivity contribution in [3.05, 3.63) is 6.33 Å². The average molecular weight is 251 g/mol. The number of carbonyl (C=O) groups is 1. The Morgan fingerprint density at radius 3 is 3.00 bits per heavy atom. The standard InChI is InChI=1S/C11H17N5O2/c17-10(7-16-13-8-12-14-16)15-5-1-2-9(6-15)11(18)3-4-11/h8-9,18H,1-7H2. The number of carbonyl (C=O) groups excluding carboxylic acids is 1. The van der Waals surface area contributed by atoms with Crippen molar-refractivity contribution >= 4 is 5.91 Å². The first-order valence-corrected chi connectivity index (χ1v) is 6.38. The molecule has 98 valence electrons. The lowest BCUT2D eigenvalue weighted by Crippen LogP contribution is -2.45. The normalized spacial score (nSPS) is 26.1. The molecule has 0 aromatic carbocycles. The van der Waals surface area contributed by atoms with Gasteiger partial charge in [-0.3, -0.25) is 4.79 Å². The highest BCUT2D eigenvalue weighted by molar-refractivity contribution is 5.75. The van der Waals surface area contributed by atoms with Gasteiger partial charge in [-0.25, -0.2) is 0 Å². The third-order valence-corrected chi connectivity index (χ3v) is 3.96. The Labute approximate surface area is 105 Å². The van der Waals surface area contributed by atoms with Gasteiger partial charge in [0.15, 0.2) is 6.33 Å². The summed E-state index contributed by atoms with van der Waals surface area (Å²) in [4.78, 5) is 15.2. The number of rotatable bonds is 3. The second-order valence-corrected chi connectivity index (χ2v) is 5.25. The Balaban J connectivity index is 1.60. The maximum absolute atomic E-state index is 12.1. The first-order valence-electron chi connectivity index (χ1n) is 6.38. The first kappa shape index (κ1) is 11.6. The van der Waals surface area contributed by atoms with Gasteiger partial charge in [0, 0.05) is 19.0 Å². The van der Waals surface area contributed by atoms with E-state index in [1.54, 1.807) is 0 Å². The fraction of sp³-hybridized carbons (Fsp3) is 0.818. The lowest BCUT2D eigenvalue weighted by Gasteiger charge is -2.35. The van der Waals surface area contributed by atoms with Gasteiger partial charge in [0.1, 0.15) is 6.54 Å². The van der Waals surface area contributed by atoms with Gasteiger partial charge in [0.05, 0.1) is 5.60 Å². The monoisotopic (exact) mass is 251 g/mol. The highest BCUT2D eigenvalue weighted by Gasteiger charge is 2.48. The smallest absolute Gasteiger partial charge is 0.246 e. The predicted molar refractivity (Wildman–Crippen MR) is 61.3 cm³/mol. The van der Waals surface area contributed by atoms with Gasteiger partial charge in [-0.15, -0.1) is 10.2 Å². The fourth-order valence-electron chi connectivity index (χ4n) is 2.66. The van der Waals surface area contributed by atoms with Crippen molar-refractivity contribution < 1.29 is 9.90 Å². The van der Waals surface area contributed by atoms with Gasteiger partial charge in [0.25, 0.3) is 0 Å². The van der Waals surface area contributed by atoms with Crippen molar-refractivity contribution in [1.29, 1.82) is 0 Å². The Hall–Kier alpha value is -1.50. The van der Waals surface area contributed by atoms with Crippen molar-refractivity contribution in [3.8, 4) is 0 Å². The van der Waals surface area contributed by atoms with Crippen LogP contribution in [0.25, 0.3) is 0 Å². The van der Waals surface area contributed by atoms with E-state index in [0.717, 1.165) is 32.2 Å². The molecule has 7 heteroatoms. The molecule has 7 nitrogen and oxygen atoms in total. The van der Waals surface area contributed by atoms with Gasteiger partial charge in [-0.05, 0) is 30.9 Å². The molecule has 1 aliphatic carbocycles. The topological polar surface area (TPSA) is 84.1 Å². The minimum absolute atomic E-state index is 0.00181. The molecule has 1 amide bonds. The number of piperidine rings is 1. The molecule has 0 spiro atoms. The molecule has 2 heterocycles. The number of tetrazole rings is 1. The highest BCUT2D eigenvalue weighted by Crippen LogP contribution is 2.45. The average Bonchev–Trinajstić information content (AvgIpc) is 2.93. The molecular weight excluding hydrogens is 234 g/mol. The zero-order chi connectivity index (χ0) is 12.6. The minimum Gasteiger partial charge on any atom is -0.390 e. The molecule has 1 unspecified atom stereocenters. The van der Waals surface area contributed by atoms with E-state index in [9.17, 15) is 9.90 Å². The summed E-state index contributed by atoms with van der Waals surface area (Å²) in [6.07, 6.45) is 5.05. The third-order valence-electron chi connectivity index (χ3n) is 3.96. The third kappa shape index (κ3) is 2.22. The summed E-state index contributed by atoms with van der Waals surface area (Å²) in [6.45, 7) is 1.55. The number of nitrogens with zero attached hydrogens (tertiary/aromatic N) is 5. The molecule has 2 fully saturated rings. The molecule has 1 saturated carbocycles. The molecule has 1 saturated heterocycles. The van der Waals surface area contributed by atoms with Gasteiger partial charge in [0.2, 0.25) is 5.91 Å². The van der Waals surface area contributed by atoms with E-state index in [-0.39, 0.29) is 18.4 Å². The minimum atomic E-state index is -0.496. The van der Waals surface area contributed by atoms with Crippen LogP contribution < -0.4 is 0 Å². The van der Waals surface area contributed by atoms with Crippen molar-refractivity contribution in [2.45, 2.75) is 37.8 Å². The maximum atomic E-state index is 12.1. The molecular formula is C11H17N5O2. The highest BCUT2D eigenvalue weighted by atomic mass is 16.3. The zero-order valence-corrected chi connectivity index (χ0v) is 10.2. The Bertz CT molecular complexity index is 429. The molecule has 1 aromatic rings. The summed E-state index contributed by atoms with van der Waals surface area (Å²) in [5.74, 6) is 0.237. The van der Waals surface area contributed by atoms with Crippen LogP contribution in [0.5, 0.6) is 0 Å². The SMILES string of the molecule is O=C(Cn1ncnn1)N1CCCC(C2(O)CC2)C1. The molecule has 18 heavy (non-hydrogen) atoms. The van der Waals surface area contributed by atoms with E-state index in [4.69, 9.17) is 0 Å².